The average molecular weight is 798 g/mol. The first kappa shape index (κ1) is 39.5. The molecule has 304 valence electrons. The molecule has 0 radical (unpaired) electrons. The van der Waals surface area contributed by atoms with Crippen molar-refractivity contribution >= 4 is 23.7 Å². The maximum atomic E-state index is 13.7. The molecule has 0 saturated carbocycles. The van der Waals surface area contributed by atoms with Gasteiger partial charge in [-0.25, -0.2) is 0 Å². The van der Waals surface area contributed by atoms with Gasteiger partial charge in [-0.05, 0) is 76.9 Å². The van der Waals surface area contributed by atoms with Crippen LogP contribution in [0.3, 0.4) is 0 Å². The fraction of sp³-hybridized carbons (Fsp3) is 0.326. The summed E-state index contributed by atoms with van der Waals surface area (Å²) in [6, 6.07) is 14.9. The number of nitrogens with one attached hydrogen (secondary N) is 1. The van der Waals surface area contributed by atoms with Crippen LogP contribution in [-0.4, -0.2) is 87.4 Å². The number of fused-ring (bicyclic) bond motifs is 3. The molecule has 15 heteroatoms. The molecule has 0 unspecified atom stereocenters. The zero-order valence-electron chi connectivity index (χ0n) is 33.0. The molecule has 4 aromatic rings. The number of carbonyl (C=O) groups excluding carboxylic acids is 3. The Bertz CT molecular complexity index is 2220. The van der Waals surface area contributed by atoms with E-state index in [4.69, 9.17) is 52.1 Å². The number of methoxy groups -OCH3 is 7. The lowest BCUT2D eigenvalue weighted by Gasteiger charge is -2.39. The Morgan fingerprint density at radius 1 is 0.690 bits per heavy atom. The van der Waals surface area contributed by atoms with E-state index in [1.807, 2.05) is 24.3 Å². The molecule has 3 aliphatic rings. The molecule has 1 N–H and O–H groups in total. The second-order valence-electron chi connectivity index (χ2n) is 13.4. The van der Waals surface area contributed by atoms with Gasteiger partial charge in [0.25, 0.3) is 5.91 Å². The molecule has 1 saturated heterocycles. The summed E-state index contributed by atoms with van der Waals surface area (Å²) < 4.78 is 61.7. The van der Waals surface area contributed by atoms with Gasteiger partial charge in [-0.2, -0.15) is 0 Å². The Morgan fingerprint density at radius 3 is 1.86 bits per heavy atom. The van der Waals surface area contributed by atoms with Crippen molar-refractivity contribution in [1.82, 2.24) is 5.32 Å². The summed E-state index contributed by atoms with van der Waals surface area (Å²) in [5.41, 5.74) is 3.20. The van der Waals surface area contributed by atoms with Crippen LogP contribution in [-0.2, 0) is 14.3 Å². The van der Waals surface area contributed by atoms with Gasteiger partial charge in [-0.15, -0.1) is 0 Å². The summed E-state index contributed by atoms with van der Waals surface area (Å²) in [7, 11) is 10.5. The maximum Gasteiger partial charge on any atom is 0.310 e. The van der Waals surface area contributed by atoms with Crippen LogP contribution < -0.4 is 52.7 Å². The van der Waals surface area contributed by atoms with Crippen LogP contribution in [0, 0.1) is 11.8 Å². The summed E-state index contributed by atoms with van der Waals surface area (Å²) in [5.74, 6) is 1.27. The molecule has 2 aliphatic heterocycles. The van der Waals surface area contributed by atoms with Crippen molar-refractivity contribution in [2.75, 3.05) is 69.8 Å². The van der Waals surface area contributed by atoms with E-state index >= 15 is 0 Å². The number of allylic oxidation sites excluding steroid dienone is 1. The lowest BCUT2D eigenvalue weighted by Crippen LogP contribution is -2.44. The smallest absolute Gasteiger partial charge is 0.310 e. The van der Waals surface area contributed by atoms with E-state index < -0.39 is 35.7 Å². The molecule has 0 spiro atoms. The number of hydrogen-bond acceptors (Lipinski definition) is 14. The van der Waals surface area contributed by atoms with Crippen LogP contribution in [0.5, 0.6) is 57.5 Å². The minimum Gasteiger partial charge on any atom is -0.493 e. The van der Waals surface area contributed by atoms with E-state index in [0.29, 0.717) is 68.6 Å². The first-order valence-electron chi connectivity index (χ1n) is 18.2. The van der Waals surface area contributed by atoms with Crippen molar-refractivity contribution in [2.24, 2.45) is 11.8 Å². The van der Waals surface area contributed by atoms with Crippen LogP contribution in [0.15, 0.2) is 60.7 Å². The van der Waals surface area contributed by atoms with Crippen LogP contribution >= 0.6 is 0 Å². The molecule has 0 aromatic heterocycles. The number of benzene rings is 4. The lowest BCUT2D eigenvalue weighted by atomic mass is 9.65. The number of rotatable bonds is 15. The number of carbonyl (C=O) groups is 3. The summed E-state index contributed by atoms with van der Waals surface area (Å²) in [5, 5.41) is 3.11. The second kappa shape index (κ2) is 16.8. The fourth-order valence-electron chi connectivity index (χ4n) is 7.79. The third-order valence-corrected chi connectivity index (χ3v) is 10.5. The first-order valence-corrected chi connectivity index (χ1v) is 18.2. The molecule has 58 heavy (non-hydrogen) atoms. The Morgan fingerprint density at radius 2 is 1.28 bits per heavy atom. The summed E-state index contributed by atoms with van der Waals surface area (Å²) in [6.07, 6.45) is 3.04. The number of hydrogen-bond donors (Lipinski definition) is 1. The molecule has 4 atom stereocenters. The minimum absolute atomic E-state index is 0.0344. The van der Waals surface area contributed by atoms with Crippen LogP contribution in [0.1, 0.15) is 44.6 Å². The van der Waals surface area contributed by atoms with Gasteiger partial charge >= 0.3 is 5.97 Å². The number of amides is 1. The zero-order valence-corrected chi connectivity index (χ0v) is 33.0. The summed E-state index contributed by atoms with van der Waals surface area (Å²) in [4.78, 5) is 40.4. The van der Waals surface area contributed by atoms with Gasteiger partial charge in [0, 0.05) is 17.4 Å². The van der Waals surface area contributed by atoms with E-state index in [1.54, 1.807) is 36.4 Å². The lowest BCUT2D eigenvalue weighted by molar-refractivity contribution is -0.141. The highest BCUT2D eigenvalue weighted by molar-refractivity contribution is 6.07. The van der Waals surface area contributed by atoms with Crippen LogP contribution in [0.25, 0.3) is 6.08 Å². The number of ether oxygens (including phenoxy) is 11. The summed E-state index contributed by atoms with van der Waals surface area (Å²) in [6.45, 7) is -0.258. The zero-order chi connectivity index (χ0) is 41.1. The Labute approximate surface area is 334 Å². The van der Waals surface area contributed by atoms with Crippen molar-refractivity contribution in [2.45, 2.75) is 12.0 Å². The minimum atomic E-state index is -0.678. The average Bonchev–Trinajstić information content (AvgIpc) is 3.88. The van der Waals surface area contributed by atoms with Crippen molar-refractivity contribution < 1.29 is 66.5 Å². The van der Waals surface area contributed by atoms with Gasteiger partial charge in [0.05, 0.1) is 68.3 Å². The van der Waals surface area contributed by atoms with Gasteiger partial charge in [-0.1, -0.05) is 12.1 Å². The first-order chi connectivity index (χ1) is 28.2. The number of cyclic esters (lactones) is 1. The highest BCUT2D eigenvalue weighted by Crippen LogP contribution is 2.55. The predicted octanol–water partition coefficient (Wildman–Crippen LogP) is 5.54. The molecule has 1 fully saturated rings. The molecule has 1 amide bonds. The third kappa shape index (κ3) is 7.30. The normalized spacial score (nSPS) is 18.7. The highest BCUT2D eigenvalue weighted by Gasteiger charge is 2.53. The highest BCUT2D eigenvalue weighted by atomic mass is 16.7. The monoisotopic (exact) mass is 797 g/mol. The van der Waals surface area contributed by atoms with Crippen molar-refractivity contribution in [3.8, 4) is 57.5 Å². The van der Waals surface area contributed by atoms with E-state index in [2.05, 4.69) is 5.32 Å². The topological polar surface area (TPSA) is 165 Å². The van der Waals surface area contributed by atoms with E-state index in [9.17, 15) is 14.4 Å². The van der Waals surface area contributed by atoms with Gasteiger partial charge in [-0.3, -0.25) is 14.4 Å². The molecule has 4 aromatic carbocycles. The molecule has 0 bridgehead atoms. The Hall–Kier alpha value is -6.77. The van der Waals surface area contributed by atoms with E-state index in [0.717, 1.165) is 16.7 Å². The van der Waals surface area contributed by atoms with Crippen LogP contribution in [0.2, 0.25) is 0 Å². The maximum absolute atomic E-state index is 13.7. The molecular formula is C43H43NO14. The fourth-order valence-corrected chi connectivity index (χ4v) is 7.79. The SMILES string of the molecule is COc1cc(/C=C/C(=O)c2cc(OC)c(OC)c(OC)c2)ccc1OCC(=O)N[C@@H]1c2cc3c(cc2[C@@H](c2cc(OC)c(OC)c(OC)c2)[C@H]2C(=O)OC[C@@H]21)OCO3. The van der Waals surface area contributed by atoms with Crippen LogP contribution in [0.4, 0.5) is 0 Å². The molecule has 7 rings (SSSR count). The predicted molar refractivity (Wildman–Crippen MR) is 207 cm³/mol. The Kier molecular flexibility index (Phi) is 11.4. The molecule has 15 nitrogen and oxygen atoms in total. The molecule has 2 heterocycles. The molecule has 1 aliphatic carbocycles. The van der Waals surface area contributed by atoms with Crippen molar-refractivity contribution in [3.05, 3.63) is 88.5 Å². The van der Waals surface area contributed by atoms with E-state index in [1.165, 1.54) is 55.8 Å². The van der Waals surface area contributed by atoms with Crippen molar-refractivity contribution in [3.63, 3.8) is 0 Å². The van der Waals surface area contributed by atoms with Gasteiger partial charge in [0.1, 0.15) is 0 Å². The number of esters is 1. The number of ketones is 1. The van der Waals surface area contributed by atoms with Gasteiger partial charge < -0.3 is 57.4 Å². The van der Waals surface area contributed by atoms with Crippen molar-refractivity contribution in [1.29, 1.82) is 0 Å². The Balaban J connectivity index is 1.11. The molecular weight excluding hydrogens is 754 g/mol. The summed E-state index contributed by atoms with van der Waals surface area (Å²) >= 11 is 0. The van der Waals surface area contributed by atoms with E-state index in [-0.39, 0.29) is 25.8 Å². The van der Waals surface area contributed by atoms with Gasteiger partial charge in [0.2, 0.25) is 18.3 Å². The van der Waals surface area contributed by atoms with Gasteiger partial charge in [0.15, 0.2) is 58.4 Å². The second-order valence-corrected chi connectivity index (χ2v) is 13.4. The third-order valence-electron chi connectivity index (χ3n) is 10.5. The standard InChI is InChI=1S/C43H43NO14/c1-48-30-12-22(8-10-28(45)23-13-33(49-2)41(53-6)34(14-23)50-3)9-11-29(30)55-20-37(46)44-40-26-18-32-31(57-21-58-32)17-25(26)38(39-27(40)19-56-43(39)47)24-15-35(51-4)42(54-7)36(16-24)52-5/h8-18,27,38-40H,19-21H2,1-7H3,(H,44,46)/b10-8+/t27-,38+,39-,40+/m0/s1. The quantitative estimate of drug-likeness (QED) is 0.0905. The largest absolute Gasteiger partial charge is 0.493 e.